The van der Waals surface area contributed by atoms with Crippen molar-refractivity contribution in [2.45, 2.75) is 12.3 Å². The highest BCUT2D eigenvalue weighted by Gasteiger charge is 2.22. The molecule has 3 aromatic rings. The smallest absolute Gasteiger partial charge is 0.242 e. The van der Waals surface area contributed by atoms with E-state index in [1.54, 1.807) is 49.6 Å². The maximum Gasteiger partial charge on any atom is 0.242 e. The van der Waals surface area contributed by atoms with Crippen molar-refractivity contribution in [1.29, 1.82) is 0 Å². The molecule has 0 unspecified atom stereocenters. The van der Waals surface area contributed by atoms with Crippen LogP contribution in [0.5, 0.6) is 11.5 Å². The molecule has 0 bridgehead atoms. The van der Waals surface area contributed by atoms with Crippen molar-refractivity contribution in [2.24, 2.45) is 0 Å². The summed E-state index contributed by atoms with van der Waals surface area (Å²) in [5, 5.41) is 3.93. The Hall–Kier alpha value is -2.91. The first-order valence-electron chi connectivity index (χ1n) is 8.46. The van der Waals surface area contributed by atoms with Crippen molar-refractivity contribution in [3.05, 3.63) is 60.0 Å². The summed E-state index contributed by atoms with van der Waals surface area (Å²) in [5.74, 6) is 1.56. The van der Waals surface area contributed by atoms with Gasteiger partial charge in [-0.2, -0.15) is 9.29 Å². The van der Waals surface area contributed by atoms with Gasteiger partial charge in [-0.15, -0.1) is 0 Å². The van der Waals surface area contributed by atoms with Gasteiger partial charge in [0.25, 0.3) is 0 Å². The van der Waals surface area contributed by atoms with Crippen LogP contribution in [-0.4, -0.2) is 44.1 Å². The fraction of sp³-hybridized carbons (Fsp3) is 0.263. The molecule has 0 atom stereocenters. The van der Waals surface area contributed by atoms with Gasteiger partial charge in [0.2, 0.25) is 21.7 Å². The van der Waals surface area contributed by atoms with Crippen molar-refractivity contribution < 1.29 is 22.4 Å². The van der Waals surface area contributed by atoms with Crippen LogP contribution in [0, 0.1) is 0 Å². The van der Waals surface area contributed by atoms with E-state index in [1.807, 2.05) is 6.07 Å². The van der Waals surface area contributed by atoms with Gasteiger partial charge in [-0.25, -0.2) is 8.42 Å². The summed E-state index contributed by atoms with van der Waals surface area (Å²) in [6.07, 6.45) is 0. The molecular formula is C19H21N3O5S. The lowest BCUT2D eigenvalue weighted by Crippen LogP contribution is -2.27. The number of benzene rings is 2. The predicted octanol–water partition coefficient (Wildman–Crippen LogP) is 2.72. The molecule has 0 fully saturated rings. The molecule has 0 radical (unpaired) electrons. The van der Waals surface area contributed by atoms with E-state index in [-0.39, 0.29) is 18.2 Å². The van der Waals surface area contributed by atoms with E-state index >= 15 is 0 Å². The second-order valence-corrected chi connectivity index (χ2v) is 8.16. The Balaban J connectivity index is 1.73. The van der Waals surface area contributed by atoms with Gasteiger partial charge in [0.1, 0.15) is 0 Å². The number of rotatable bonds is 8. The predicted molar refractivity (Wildman–Crippen MR) is 103 cm³/mol. The van der Waals surface area contributed by atoms with Crippen LogP contribution >= 0.6 is 0 Å². The van der Waals surface area contributed by atoms with E-state index in [0.29, 0.717) is 28.5 Å². The van der Waals surface area contributed by atoms with E-state index in [2.05, 4.69) is 10.1 Å². The van der Waals surface area contributed by atoms with Gasteiger partial charge in [0, 0.05) is 12.6 Å². The Morgan fingerprint density at radius 1 is 1.04 bits per heavy atom. The van der Waals surface area contributed by atoms with Gasteiger partial charge in [0.05, 0.1) is 26.5 Å². The molecule has 0 amide bonds. The third-order valence-corrected chi connectivity index (χ3v) is 5.91. The second-order valence-electron chi connectivity index (χ2n) is 6.08. The van der Waals surface area contributed by atoms with Crippen molar-refractivity contribution in [3.8, 4) is 22.9 Å². The molecule has 0 N–H and O–H groups in total. The quantitative estimate of drug-likeness (QED) is 0.571. The number of methoxy groups -OCH3 is 2. The van der Waals surface area contributed by atoms with Gasteiger partial charge < -0.3 is 14.0 Å². The SMILES string of the molecule is COc1ccc(-c2noc(CN(C)S(=O)(=O)Cc3ccccc3)n2)cc1OC. The zero-order chi connectivity index (χ0) is 20.1. The molecule has 2 aromatic carbocycles. The summed E-state index contributed by atoms with van der Waals surface area (Å²) in [5.41, 5.74) is 1.38. The molecule has 0 saturated heterocycles. The van der Waals surface area contributed by atoms with Crippen LogP contribution in [0.25, 0.3) is 11.4 Å². The van der Waals surface area contributed by atoms with Gasteiger partial charge in [-0.3, -0.25) is 0 Å². The summed E-state index contributed by atoms with van der Waals surface area (Å²) in [6.45, 7) is -0.0184. The number of ether oxygens (including phenoxy) is 2. The molecule has 0 saturated carbocycles. The Labute approximate surface area is 163 Å². The lowest BCUT2D eigenvalue weighted by Gasteiger charge is -2.14. The molecule has 0 aliphatic rings. The van der Waals surface area contributed by atoms with Crippen LogP contribution in [0.4, 0.5) is 0 Å². The summed E-state index contributed by atoms with van der Waals surface area (Å²) in [4.78, 5) is 4.29. The van der Waals surface area contributed by atoms with E-state index in [0.717, 1.165) is 0 Å². The highest BCUT2D eigenvalue weighted by molar-refractivity contribution is 7.88. The standard InChI is InChI=1S/C19H21N3O5S/c1-22(28(23,24)13-14-7-5-4-6-8-14)12-18-20-19(21-27-18)15-9-10-16(25-2)17(11-15)26-3/h4-11H,12-13H2,1-3H3. The highest BCUT2D eigenvalue weighted by Crippen LogP contribution is 2.31. The van der Waals surface area contributed by atoms with Gasteiger partial charge in [-0.1, -0.05) is 35.5 Å². The average Bonchev–Trinajstić information content (AvgIpc) is 3.16. The second kappa shape index (κ2) is 8.41. The van der Waals surface area contributed by atoms with Gasteiger partial charge in [0.15, 0.2) is 11.5 Å². The molecule has 3 rings (SSSR count). The number of hydrogen-bond donors (Lipinski definition) is 0. The molecule has 0 aliphatic heterocycles. The normalized spacial score (nSPS) is 11.6. The zero-order valence-electron chi connectivity index (χ0n) is 15.8. The fourth-order valence-electron chi connectivity index (χ4n) is 2.60. The first-order chi connectivity index (χ1) is 13.4. The monoisotopic (exact) mass is 403 g/mol. The minimum atomic E-state index is -3.52. The number of aromatic nitrogens is 2. The molecular weight excluding hydrogens is 382 g/mol. The van der Waals surface area contributed by atoms with Crippen LogP contribution in [0.3, 0.4) is 0 Å². The maximum absolute atomic E-state index is 12.5. The third kappa shape index (κ3) is 4.49. The minimum Gasteiger partial charge on any atom is -0.493 e. The van der Waals surface area contributed by atoms with Gasteiger partial charge >= 0.3 is 0 Å². The molecule has 8 nitrogen and oxygen atoms in total. The number of nitrogens with zero attached hydrogens (tertiary/aromatic N) is 3. The fourth-order valence-corrected chi connectivity index (χ4v) is 3.74. The summed E-state index contributed by atoms with van der Waals surface area (Å²) < 4.78 is 42.0. The largest absolute Gasteiger partial charge is 0.493 e. The van der Waals surface area contributed by atoms with Crippen LogP contribution in [-0.2, 0) is 22.3 Å². The van der Waals surface area contributed by atoms with Crippen molar-refractivity contribution in [3.63, 3.8) is 0 Å². The molecule has 1 heterocycles. The zero-order valence-corrected chi connectivity index (χ0v) is 16.6. The molecule has 0 aliphatic carbocycles. The average molecular weight is 403 g/mol. The Kier molecular flexibility index (Phi) is 5.96. The van der Waals surface area contributed by atoms with E-state index in [1.165, 1.54) is 18.5 Å². The maximum atomic E-state index is 12.5. The Morgan fingerprint density at radius 2 is 1.75 bits per heavy atom. The summed E-state index contributed by atoms with van der Waals surface area (Å²) in [6, 6.07) is 14.2. The van der Waals surface area contributed by atoms with Crippen LogP contribution < -0.4 is 9.47 Å². The minimum absolute atomic E-state index is 0.0184. The first-order valence-corrected chi connectivity index (χ1v) is 10.1. The summed E-state index contributed by atoms with van der Waals surface area (Å²) in [7, 11) is 1.06. The first kappa shape index (κ1) is 19.8. The molecule has 9 heteroatoms. The molecule has 28 heavy (non-hydrogen) atoms. The van der Waals surface area contributed by atoms with Crippen LogP contribution in [0.15, 0.2) is 53.1 Å². The Morgan fingerprint density at radius 3 is 2.43 bits per heavy atom. The van der Waals surface area contributed by atoms with Crippen molar-refractivity contribution in [1.82, 2.24) is 14.4 Å². The van der Waals surface area contributed by atoms with Crippen molar-refractivity contribution in [2.75, 3.05) is 21.3 Å². The van der Waals surface area contributed by atoms with Gasteiger partial charge in [-0.05, 0) is 23.8 Å². The Bertz CT molecular complexity index is 1030. The topological polar surface area (TPSA) is 94.8 Å². The van der Waals surface area contributed by atoms with Crippen molar-refractivity contribution >= 4 is 10.0 Å². The van der Waals surface area contributed by atoms with E-state index < -0.39 is 10.0 Å². The van der Waals surface area contributed by atoms with E-state index in [4.69, 9.17) is 14.0 Å². The highest BCUT2D eigenvalue weighted by atomic mass is 32.2. The number of hydrogen-bond acceptors (Lipinski definition) is 7. The molecule has 148 valence electrons. The summed E-state index contributed by atoms with van der Waals surface area (Å²) >= 11 is 0. The third-order valence-electron chi connectivity index (χ3n) is 4.13. The van der Waals surface area contributed by atoms with Crippen LogP contribution in [0.2, 0.25) is 0 Å². The lowest BCUT2D eigenvalue weighted by molar-refractivity contribution is 0.336. The molecule has 1 aromatic heterocycles. The van der Waals surface area contributed by atoms with E-state index in [9.17, 15) is 8.42 Å². The molecule has 0 spiro atoms. The lowest BCUT2D eigenvalue weighted by atomic mass is 10.2. The number of sulfonamides is 1. The van der Waals surface area contributed by atoms with Crippen LogP contribution in [0.1, 0.15) is 11.5 Å².